The molecule has 0 aliphatic rings. The van der Waals surface area contributed by atoms with E-state index in [1.807, 2.05) is 23.9 Å². The SMILES string of the molecule is Cc1ccc(-n2nc(NCc3ncc[nH]3)cc2C)cc1. The molecule has 5 nitrogen and oxygen atoms in total. The number of H-pyrrole nitrogens is 1. The lowest BCUT2D eigenvalue weighted by Gasteiger charge is -2.04. The Morgan fingerprint density at radius 1 is 1.20 bits per heavy atom. The number of nitrogens with zero attached hydrogens (tertiary/aromatic N) is 3. The summed E-state index contributed by atoms with van der Waals surface area (Å²) in [4.78, 5) is 7.23. The van der Waals surface area contributed by atoms with Gasteiger partial charge in [-0.25, -0.2) is 9.67 Å². The highest BCUT2D eigenvalue weighted by molar-refractivity contribution is 5.42. The van der Waals surface area contributed by atoms with Crippen molar-refractivity contribution >= 4 is 5.82 Å². The van der Waals surface area contributed by atoms with Gasteiger partial charge in [0.2, 0.25) is 0 Å². The number of aryl methyl sites for hydroxylation is 2. The molecule has 0 saturated heterocycles. The molecule has 20 heavy (non-hydrogen) atoms. The molecule has 0 unspecified atom stereocenters. The van der Waals surface area contributed by atoms with E-state index < -0.39 is 0 Å². The number of benzene rings is 1. The van der Waals surface area contributed by atoms with E-state index in [4.69, 9.17) is 0 Å². The van der Waals surface area contributed by atoms with E-state index in [2.05, 4.69) is 51.6 Å². The molecule has 0 radical (unpaired) electrons. The van der Waals surface area contributed by atoms with Gasteiger partial charge in [-0.05, 0) is 26.0 Å². The lowest BCUT2D eigenvalue weighted by molar-refractivity contribution is 0.843. The fraction of sp³-hybridized carbons (Fsp3) is 0.200. The maximum Gasteiger partial charge on any atom is 0.149 e. The van der Waals surface area contributed by atoms with Crippen LogP contribution in [-0.4, -0.2) is 19.7 Å². The van der Waals surface area contributed by atoms with Crippen molar-refractivity contribution in [2.75, 3.05) is 5.32 Å². The molecule has 1 aromatic carbocycles. The van der Waals surface area contributed by atoms with Gasteiger partial charge < -0.3 is 10.3 Å². The van der Waals surface area contributed by atoms with Crippen LogP contribution in [0.1, 0.15) is 17.1 Å². The third-order valence-corrected chi connectivity index (χ3v) is 3.16. The Kier molecular flexibility index (Phi) is 3.25. The molecule has 0 bridgehead atoms. The number of anilines is 1. The van der Waals surface area contributed by atoms with Gasteiger partial charge in [0.1, 0.15) is 11.6 Å². The number of hydrogen-bond acceptors (Lipinski definition) is 3. The first-order valence-electron chi connectivity index (χ1n) is 6.58. The monoisotopic (exact) mass is 267 g/mol. The Balaban J connectivity index is 1.78. The number of nitrogens with one attached hydrogen (secondary N) is 2. The van der Waals surface area contributed by atoms with Gasteiger partial charge in [0, 0.05) is 24.2 Å². The van der Waals surface area contributed by atoms with Crippen molar-refractivity contribution in [3.05, 3.63) is 59.8 Å². The first-order chi connectivity index (χ1) is 9.72. The minimum Gasteiger partial charge on any atom is -0.361 e. The summed E-state index contributed by atoms with van der Waals surface area (Å²) in [7, 11) is 0. The summed E-state index contributed by atoms with van der Waals surface area (Å²) in [6, 6.07) is 10.4. The first-order valence-corrected chi connectivity index (χ1v) is 6.58. The number of aromatic nitrogens is 4. The maximum atomic E-state index is 4.57. The Bertz CT molecular complexity index is 680. The number of rotatable bonds is 4. The molecule has 2 N–H and O–H groups in total. The molecular weight excluding hydrogens is 250 g/mol. The summed E-state index contributed by atoms with van der Waals surface area (Å²) in [6.45, 7) is 4.76. The first kappa shape index (κ1) is 12.5. The van der Waals surface area contributed by atoms with Gasteiger partial charge in [-0.1, -0.05) is 17.7 Å². The van der Waals surface area contributed by atoms with Crippen LogP contribution in [-0.2, 0) is 6.54 Å². The van der Waals surface area contributed by atoms with Crippen LogP contribution in [0, 0.1) is 13.8 Å². The van der Waals surface area contributed by atoms with Crippen LogP contribution in [0.15, 0.2) is 42.7 Å². The second-order valence-electron chi connectivity index (χ2n) is 4.81. The second kappa shape index (κ2) is 5.21. The molecule has 3 rings (SSSR count). The molecule has 0 aliphatic carbocycles. The Morgan fingerprint density at radius 3 is 2.70 bits per heavy atom. The Morgan fingerprint density at radius 2 is 2.00 bits per heavy atom. The van der Waals surface area contributed by atoms with Crippen LogP contribution in [0.5, 0.6) is 0 Å². The molecule has 0 fully saturated rings. The predicted octanol–water partition coefficient (Wildman–Crippen LogP) is 2.82. The van der Waals surface area contributed by atoms with E-state index in [1.54, 1.807) is 6.20 Å². The predicted molar refractivity (Wildman–Crippen MR) is 79.0 cm³/mol. The summed E-state index contributed by atoms with van der Waals surface area (Å²) in [5.41, 5.74) is 3.41. The number of imidazole rings is 1. The zero-order valence-corrected chi connectivity index (χ0v) is 11.6. The largest absolute Gasteiger partial charge is 0.361 e. The normalized spacial score (nSPS) is 10.7. The zero-order chi connectivity index (χ0) is 13.9. The molecule has 0 spiro atoms. The Labute approximate surface area is 117 Å². The van der Waals surface area contributed by atoms with E-state index in [1.165, 1.54) is 5.56 Å². The van der Waals surface area contributed by atoms with Crippen molar-refractivity contribution in [3.63, 3.8) is 0 Å². The molecule has 0 amide bonds. The smallest absolute Gasteiger partial charge is 0.149 e. The fourth-order valence-corrected chi connectivity index (χ4v) is 2.08. The van der Waals surface area contributed by atoms with Gasteiger partial charge in [-0.3, -0.25) is 0 Å². The molecule has 2 aromatic heterocycles. The number of hydrogen-bond donors (Lipinski definition) is 2. The summed E-state index contributed by atoms with van der Waals surface area (Å²) >= 11 is 0. The minimum absolute atomic E-state index is 0.636. The van der Waals surface area contributed by atoms with Crippen molar-refractivity contribution in [1.82, 2.24) is 19.7 Å². The van der Waals surface area contributed by atoms with Crippen LogP contribution in [0.2, 0.25) is 0 Å². The highest BCUT2D eigenvalue weighted by Gasteiger charge is 2.06. The van der Waals surface area contributed by atoms with Crippen molar-refractivity contribution in [2.45, 2.75) is 20.4 Å². The van der Waals surface area contributed by atoms with E-state index in [0.717, 1.165) is 23.0 Å². The summed E-state index contributed by atoms with van der Waals surface area (Å²) < 4.78 is 1.93. The van der Waals surface area contributed by atoms with E-state index in [0.29, 0.717) is 6.54 Å². The van der Waals surface area contributed by atoms with Crippen molar-refractivity contribution < 1.29 is 0 Å². The number of aromatic amines is 1. The summed E-state index contributed by atoms with van der Waals surface area (Å²) in [5.74, 6) is 1.74. The molecule has 0 atom stereocenters. The second-order valence-corrected chi connectivity index (χ2v) is 4.81. The molecule has 0 aliphatic heterocycles. The molecule has 2 heterocycles. The fourth-order valence-electron chi connectivity index (χ4n) is 2.08. The molecular formula is C15H17N5. The van der Waals surface area contributed by atoms with Gasteiger partial charge in [0.15, 0.2) is 0 Å². The molecule has 3 aromatic rings. The molecule has 102 valence electrons. The van der Waals surface area contributed by atoms with Crippen LogP contribution < -0.4 is 5.32 Å². The van der Waals surface area contributed by atoms with Gasteiger partial charge in [-0.15, -0.1) is 0 Å². The van der Waals surface area contributed by atoms with E-state index in [9.17, 15) is 0 Å². The Hall–Kier alpha value is -2.56. The third-order valence-electron chi connectivity index (χ3n) is 3.16. The lowest BCUT2D eigenvalue weighted by Crippen LogP contribution is -2.03. The maximum absolute atomic E-state index is 4.57. The van der Waals surface area contributed by atoms with Crippen LogP contribution in [0.3, 0.4) is 0 Å². The summed E-state index contributed by atoms with van der Waals surface area (Å²) in [5, 5.41) is 7.84. The van der Waals surface area contributed by atoms with Gasteiger partial charge in [0.25, 0.3) is 0 Å². The highest BCUT2D eigenvalue weighted by Crippen LogP contribution is 2.15. The average molecular weight is 267 g/mol. The molecule has 0 saturated carbocycles. The quantitative estimate of drug-likeness (QED) is 0.764. The van der Waals surface area contributed by atoms with Crippen LogP contribution in [0.25, 0.3) is 5.69 Å². The van der Waals surface area contributed by atoms with Crippen molar-refractivity contribution in [2.24, 2.45) is 0 Å². The standard InChI is InChI=1S/C15H17N5/c1-11-3-5-13(6-4-11)20-12(2)9-14(19-20)18-10-15-16-7-8-17-15/h3-9H,10H2,1-2H3,(H,16,17)(H,18,19). The molecule has 5 heteroatoms. The summed E-state index contributed by atoms with van der Waals surface area (Å²) in [6.07, 6.45) is 3.56. The topological polar surface area (TPSA) is 58.5 Å². The van der Waals surface area contributed by atoms with Crippen LogP contribution in [0.4, 0.5) is 5.82 Å². The van der Waals surface area contributed by atoms with Crippen LogP contribution >= 0.6 is 0 Å². The highest BCUT2D eigenvalue weighted by atomic mass is 15.3. The average Bonchev–Trinajstić information content (AvgIpc) is 3.07. The van der Waals surface area contributed by atoms with Gasteiger partial charge >= 0.3 is 0 Å². The lowest BCUT2D eigenvalue weighted by atomic mass is 10.2. The third kappa shape index (κ3) is 2.56. The van der Waals surface area contributed by atoms with Gasteiger partial charge in [0.05, 0.1) is 12.2 Å². The van der Waals surface area contributed by atoms with Crippen molar-refractivity contribution in [3.8, 4) is 5.69 Å². The van der Waals surface area contributed by atoms with E-state index >= 15 is 0 Å². The van der Waals surface area contributed by atoms with Gasteiger partial charge in [-0.2, -0.15) is 5.10 Å². The zero-order valence-electron chi connectivity index (χ0n) is 11.6. The van der Waals surface area contributed by atoms with E-state index in [-0.39, 0.29) is 0 Å². The minimum atomic E-state index is 0.636. The van der Waals surface area contributed by atoms with Crippen molar-refractivity contribution in [1.29, 1.82) is 0 Å².